The molecular weight excluding hydrogens is 264 g/mol. The molecule has 2 rings (SSSR count). The van der Waals surface area contributed by atoms with E-state index in [9.17, 15) is 0 Å². The number of aryl methyl sites for hydroxylation is 1. The molecular formula is C17H24N2S. The molecule has 20 heavy (non-hydrogen) atoms. The third kappa shape index (κ3) is 4.73. The second-order valence-electron chi connectivity index (χ2n) is 5.14. The highest BCUT2D eigenvalue weighted by Crippen LogP contribution is 2.19. The summed E-state index contributed by atoms with van der Waals surface area (Å²) in [5.41, 5.74) is 1.36. The number of aromatic nitrogens is 1. The van der Waals surface area contributed by atoms with Crippen LogP contribution >= 0.6 is 11.3 Å². The quantitative estimate of drug-likeness (QED) is 0.798. The van der Waals surface area contributed by atoms with Crippen molar-refractivity contribution >= 4 is 11.3 Å². The summed E-state index contributed by atoms with van der Waals surface area (Å²) in [4.78, 5) is 7.07. The Morgan fingerprint density at radius 3 is 2.45 bits per heavy atom. The summed E-state index contributed by atoms with van der Waals surface area (Å²) in [7, 11) is 0. The summed E-state index contributed by atoms with van der Waals surface area (Å²) in [5.74, 6) is 0. The summed E-state index contributed by atoms with van der Waals surface area (Å²) in [6, 6.07) is 9.31. The molecule has 2 aromatic rings. The fourth-order valence-electron chi connectivity index (χ4n) is 2.33. The fraction of sp³-hybridized carbons (Fsp3) is 0.471. The van der Waals surface area contributed by atoms with Crippen LogP contribution in [0, 0.1) is 0 Å². The number of rotatable bonds is 8. The van der Waals surface area contributed by atoms with Gasteiger partial charge in [0.15, 0.2) is 0 Å². The Labute approximate surface area is 126 Å². The summed E-state index contributed by atoms with van der Waals surface area (Å²) in [6.45, 7) is 5.53. The normalized spacial score (nSPS) is 12.5. The predicted octanol–water partition coefficient (Wildman–Crippen LogP) is 3.86. The SMILES string of the molecule is CCCNC(Cc1ccncc1)Cc1ccc(CC)s1. The lowest BCUT2D eigenvalue weighted by atomic mass is 10.0. The van der Waals surface area contributed by atoms with Crippen molar-refractivity contribution in [3.8, 4) is 0 Å². The van der Waals surface area contributed by atoms with Crippen LogP contribution in [0.4, 0.5) is 0 Å². The molecule has 0 bridgehead atoms. The van der Waals surface area contributed by atoms with Gasteiger partial charge in [-0.2, -0.15) is 0 Å². The van der Waals surface area contributed by atoms with Gasteiger partial charge in [-0.05, 0) is 62.1 Å². The Hall–Kier alpha value is -1.19. The Morgan fingerprint density at radius 1 is 1.05 bits per heavy atom. The second-order valence-corrected chi connectivity index (χ2v) is 6.39. The minimum Gasteiger partial charge on any atom is -0.313 e. The van der Waals surface area contributed by atoms with Crippen LogP contribution in [-0.4, -0.2) is 17.6 Å². The number of pyridine rings is 1. The summed E-state index contributed by atoms with van der Waals surface area (Å²) < 4.78 is 0. The maximum absolute atomic E-state index is 4.09. The Balaban J connectivity index is 1.99. The van der Waals surface area contributed by atoms with Crippen molar-refractivity contribution in [3.63, 3.8) is 0 Å². The Bertz CT molecular complexity index is 493. The zero-order valence-corrected chi connectivity index (χ0v) is 13.2. The van der Waals surface area contributed by atoms with Crippen LogP contribution < -0.4 is 5.32 Å². The maximum atomic E-state index is 4.09. The molecule has 2 nitrogen and oxygen atoms in total. The van der Waals surface area contributed by atoms with Crippen molar-refractivity contribution in [1.29, 1.82) is 0 Å². The lowest BCUT2D eigenvalue weighted by Crippen LogP contribution is -2.33. The third-order valence-corrected chi connectivity index (χ3v) is 4.68. The highest BCUT2D eigenvalue weighted by molar-refractivity contribution is 7.11. The number of hydrogen-bond acceptors (Lipinski definition) is 3. The molecule has 0 aliphatic rings. The van der Waals surface area contributed by atoms with Gasteiger partial charge < -0.3 is 5.32 Å². The highest BCUT2D eigenvalue weighted by Gasteiger charge is 2.11. The lowest BCUT2D eigenvalue weighted by molar-refractivity contribution is 0.507. The molecule has 2 heterocycles. The van der Waals surface area contributed by atoms with Crippen molar-refractivity contribution in [3.05, 3.63) is 52.0 Å². The van der Waals surface area contributed by atoms with Crippen molar-refractivity contribution in [2.24, 2.45) is 0 Å². The molecule has 0 saturated carbocycles. The average Bonchev–Trinajstić information content (AvgIpc) is 2.93. The number of hydrogen-bond donors (Lipinski definition) is 1. The molecule has 108 valence electrons. The van der Waals surface area contributed by atoms with E-state index in [1.165, 1.54) is 21.7 Å². The van der Waals surface area contributed by atoms with Gasteiger partial charge in [0.2, 0.25) is 0 Å². The van der Waals surface area contributed by atoms with Crippen LogP contribution in [0.5, 0.6) is 0 Å². The van der Waals surface area contributed by atoms with Gasteiger partial charge in [0, 0.05) is 28.2 Å². The molecule has 0 amide bonds. The molecule has 1 unspecified atom stereocenters. The van der Waals surface area contributed by atoms with E-state index in [-0.39, 0.29) is 0 Å². The lowest BCUT2D eigenvalue weighted by Gasteiger charge is -2.18. The van der Waals surface area contributed by atoms with Gasteiger partial charge in [0.1, 0.15) is 0 Å². The van der Waals surface area contributed by atoms with Gasteiger partial charge in [0.25, 0.3) is 0 Å². The molecule has 1 N–H and O–H groups in total. The average molecular weight is 288 g/mol. The van der Waals surface area contributed by atoms with E-state index in [4.69, 9.17) is 0 Å². The van der Waals surface area contributed by atoms with Crippen LogP contribution in [0.3, 0.4) is 0 Å². The minimum atomic E-state index is 0.515. The maximum Gasteiger partial charge on any atom is 0.0270 e. The van der Waals surface area contributed by atoms with Gasteiger partial charge in [-0.25, -0.2) is 0 Å². The van der Waals surface area contributed by atoms with E-state index >= 15 is 0 Å². The Kier molecular flexibility index (Phi) is 6.22. The molecule has 2 aromatic heterocycles. The first-order chi connectivity index (χ1) is 9.81. The van der Waals surface area contributed by atoms with Gasteiger partial charge in [0.05, 0.1) is 0 Å². The molecule has 3 heteroatoms. The summed E-state index contributed by atoms with van der Waals surface area (Å²) in [5, 5.41) is 3.68. The van der Waals surface area contributed by atoms with E-state index in [2.05, 4.69) is 48.4 Å². The van der Waals surface area contributed by atoms with Crippen molar-refractivity contribution in [1.82, 2.24) is 10.3 Å². The van der Waals surface area contributed by atoms with Crippen LogP contribution in [0.1, 0.15) is 35.6 Å². The van der Waals surface area contributed by atoms with Gasteiger partial charge in [-0.15, -0.1) is 11.3 Å². The van der Waals surface area contributed by atoms with E-state index in [0.717, 1.165) is 25.8 Å². The summed E-state index contributed by atoms with van der Waals surface area (Å²) in [6.07, 6.45) is 8.27. The molecule has 0 fully saturated rings. The molecule has 0 radical (unpaired) electrons. The largest absolute Gasteiger partial charge is 0.313 e. The molecule has 0 saturated heterocycles. The zero-order chi connectivity index (χ0) is 14.2. The number of nitrogens with one attached hydrogen (secondary N) is 1. The van der Waals surface area contributed by atoms with Crippen molar-refractivity contribution in [2.75, 3.05) is 6.54 Å². The van der Waals surface area contributed by atoms with E-state index in [1.54, 1.807) is 0 Å². The predicted molar refractivity (Wildman–Crippen MR) is 87.4 cm³/mol. The molecule has 1 atom stereocenters. The first kappa shape index (κ1) is 15.2. The van der Waals surface area contributed by atoms with Crippen LogP contribution in [0.2, 0.25) is 0 Å². The van der Waals surface area contributed by atoms with E-state index in [1.807, 2.05) is 23.7 Å². The Morgan fingerprint density at radius 2 is 1.80 bits per heavy atom. The first-order valence-corrected chi connectivity index (χ1v) is 8.33. The second kappa shape index (κ2) is 8.18. The van der Waals surface area contributed by atoms with Crippen LogP contribution in [0.25, 0.3) is 0 Å². The molecule has 0 aliphatic heterocycles. The minimum absolute atomic E-state index is 0.515. The summed E-state index contributed by atoms with van der Waals surface area (Å²) >= 11 is 1.95. The fourth-order valence-corrected chi connectivity index (χ4v) is 3.37. The highest BCUT2D eigenvalue weighted by atomic mass is 32.1. The standard InChI is InChI=1S/C17H24N2S/c1-3-9-19-15(12-14-7-10-18-11-8-14)13-17-6-5-16(4-2)20-17/h5-8,10-11,15,19H,3-4,9,12-13H2,1-2H3. The third-order valence-electron chi connectivity index (χ3n) is 3.43. The first-order valence-electron chi connectivity index (χ1n) is 7.51. The van der Waals surface area contributed by atoms with Crippen LogP contribution in [0.15, 0.2) is 36.7 Å². The van der Waals surface area contributed by atoms with E-state index < -0.39 is 0 Å². The van der Waals surface area contributed by atoms with Gasteiger partial charge in [-0.1, -0.05) is 13.8 Å². The smallest absolute Gasteiger partial charge is 0.0270 e. The number of thiophene rings is 1. The van der Waals surface area contributed by atoms with Crippen LogP contribution in [-0.2, 0) is 19.3 Å². The van der Waals surface area contributed by atoms with Crippen molar-refractivity contribution < 1.29 is 0 Å². The topological polar surface area (TPSA) is 24.9 Å². The zero-order valence-electron chi connectivity index (χ0n) is 12.4. The molecule has 0 aromatic carbocycles. The molecule has 0 spiro atoms. The van der Waals surface area contributed by atoms with Gasteiger partial charge in [-0.3, -0.25) is 4.98 Å². The van der Waals surface area contributed by atoms with E-state index in [0.29, 0.717) is 6.04 Å². The molecule has 0 aliphatic carbocycles. The monoisotopic (exact) mass is 288 g/mol. The van der Waals surface area contributed by atoms with Crippen molar-refractivity contribution in [2.45, 2.75) is 45.6 Å². The van der Waals surface area contributed by atoms with Gasteiger partial charge >= 0.3 is 0 Å². The number of nitrogens with zero attached hydrogens (tertiary/aromatic N) is 1.